The molecule has 0 atom stereocenters. The molecule has 0 aliphatic heterocycles. The summed E-state index contributed by atoms with van der Waals surface area (Å²) < 4.78 is 0. The van der Waals surface area contributed by atoms with Crippen LogP contribution in [0.4, 0.5) is 0 Å². The largest absolute Gasteiger partial charge is 0.329 e. The number of hydrogen-bond donors (Lipinski definition) is 1. The highest BCUT2D eigenvalue weighted by atomic mass is 16.1. The van der Waals surface area contributed by atoms with Gasteiger partial charge in [0.25, 0.3) is 0 Å². The highest BCUT2D eigenvalue weighted by molar-refractivity contribution is 5.88. The molecule has 1 amide bonds. The van der Waals surface area contributed by atoms with Crippen LogP contribution in [-0.2, 0) is 4.79 Å². The third-order valence-corrected chi connectivity index (χ3v) is 0.897. The van der Waals surface area contributed by atoms with Gasteiger partial charge in [0.2, 0.25) is 5.91 Å². The summed E-state index contributed by atoms with van der Waals surface area (Å²) in [4.78, 5) is 10.7. The molecule has 0 aromatic rings. The van der Waals surface area contributed by atoms with Gasteiger partial charge < -0.3 is 5.32 Å². The summed E-state index contributed by atoms with van der Waals surface area (Å²) >= 11 is 0. The Morgan fingerprint density at radius 3 is 2.80 bits per heavy atom. The molecule has 1 N–H and O–H groups in total. The number of allylic oxidation sites excluding steroid dienone is 2. The minimum absolute atomic E-state index is 0.0695. The Morgan fingerprint density at radius 1 is 1.60 bits per heavy atom. The fourth-order valence-electron chi connectivity index (χ4n) is 0.438. The molecule has 0 spiro atoms. The van der Waals surface area contributed by atoms with Gasteiger partial charge in [0.15, 0.2) is 0 Å². The molecule has 0 aliphatic carbocycles. The molecule has 56 valence electrons. The first kappa shape index (κ1) is 8.95. The molecular formula is C8H13NO. The lowest BCUT2D eigenvalue weighted by molar-refractivity contribution is -0.115. The molecule has 2 nitrogen and oxygen atoms in total. The summed E-state index contributed by atoms with van der Waals surface area (Å²) in [5.74, 6) is -0.0695. The number of rotatable bonds is 3. The normalized spacial score (nSPS) is 11.0. The zero-order chi connectivity index (χ0) is 7.82. The number of amides is 1. The van der Waals surface area contributed by atoms with Crippen LogP contribution in [0.2, 0.25) is 0 Å². The molecular weight excluding hydrogens is 126 g/mol. The minimum Gasteiger partial charge on any atom is -0.329 e. The van der Waals surface area contributed by atoms with E-state index in [2.05, 4.69) is 5.32 Å². The topological polar surface area (TPSA) is 29.1 Å². The fourth-order valence-corrected chi connectivity index (χ4v) is 0.438. The van der Waals surface area contributed by atoms with Crippen molar-refractivity contribution in [1.29, 1.82) is 0 Å². The second-order valence-electron chi connectivity index (χ2n) is 1.82. The molecule has 0 radical (unpaired) electrons. The smallest absolute Gasteiger partial charge is 0.247 e. The van der Waals surface area contributed by atoms with E-state index in [4.69, 9.17) is 0 Å². The van der Waals surface area contributed by atoms with Crippen LogP contribution in [0.15, 0.2) is 24.4 Å². The molecule has 0 heterocycles. The highest BCUT2D eigenvalue weighted by Crippen LogP contribution is 1.78. The number of carbonyl (C=O) groups is 1. The van der Waals surface area contributed by atoms with Crippen LogP contribution in [-0.4, -0.2) is 5.91 Å². The Labute approximate surface area is 61.6 Å². The number of carbonyl (C=O) groups excluding carboxylic acids is 1. The average Bonchev–Trinajstić information content (AvgIpc) is 1.97. The van der Waals surface area contributed by atoms with Crippen molar-refractivity contribution in [2.45, 2.75) is 20.3 Å². The average molecular weight is 139 g/mol. The van der Waals surface area contributed by atoms with E-state index in [1.165, 1.54) is 6.08 Å². The first-order valence-corrected chi connectivity index (χ1v) is 3.39. The van der Waals surface area contributed by atoms with Crippen molar-refractivity contribution in [2.24, 2.45) is 0 Å². The maximum absolute atomic E-state index is 10.7. The van der Waals surface area contributed by atoms with E-state index >= 15 is 0 Å². The highest BCUT2D eigenvalue weighted by Gasteiger charge is 1.85. The molecule has 0 aliphatic rings. The van der Waals surface area contributed by atoms with Crippen LogP contribution < -0.4 is 5.32 Å². The third-order valence-electron chi connectivity index (χ3n) is 0.897. The summed E-state index contributed by atoms with van der Waals surface area (Å²) in [7, 11) is 0. The summed E-state index contributed by atoms with van der Waals surface area (Å²) in [6, 6.07) is 0. The second kappa shape index (κ2) is 6.08. The molecule has 2 heteroatoms. The zero-order valence-electron chi connectivity index (χ0n) is 6.42. The molecule has 10 heavy (non-hydrogen) atoms. The lowest BCUT2D eigenvalue weighted by Crippen LogP contribution is -2.12. The van der Waals surface area contributed by atoms with Crippen molar-refractivity contribution in [1.82, 2.24) is 5.32 Å². The molecule has 0 fully saturated rings. The summed E-state index contributed by atoms with van der Waals surface area (Å²) in [5.41, 5.74) is 0. The minimum atomic E-state index is -0.0695. The van der Waals surface area contributed by atoms with Gasteiger partial charge >= 0.3 is 0 Å². The predicted octanol–water partition coefficient (Wildman–Crippen LogP) is 1.60. The fraction of sp³-hybridized carbons (Fsp3) is 0.375. The van der Waals surface area contributed by atoms with Crippen LogP contribution >= 0.6 is 0 Å². The van der Waals surface area contributed by atoms with Gasteiger partial charge in [0.1, 0.15) is 0 Å². The number of nitrogens with one attached hydrogen (secondary N) is 1. The van der Waals surface area contributed by atoms with Gasteiger partial charge in [-0.2, -0.15) is 0 Å². The third kappa shape index (κ3) is 5.09. The molecule has 0 saturated heterocycles. The lowest BCUT2D eigenvalue weighted by Gasteiger charge is -1.89. The van der Waals surface area contributed by atoms with E-state index in [-0.39, 0.29) is 5.91 Å². The maximum atomic E-state index is 10.7. The Bertz CT molecular complexity index is 147. The molecule has 0 aromatic heterocycles. The van der Waals surface area contributed by atoms with E-state index in [1.807, 2.05) is 19.9 Å². The van der Waals surface area contributed by atoms with Crippen molar-refractivity contribution in [3.63, 3.8) is 0 Å². The second-order valence-corrected chi connectivity index (χ2v) is 1.82. The number of hydrogen-bond acceptors (Lipinski definition) is 1. The van der Waals surface area contributed by atoms with Gasteiger partial charge in [0, 0.05) is 0 Å². The molecule has 0 rings (SSSR count). The molecule has 0 aromatic carbocycles. The van der Waals surface area contributed by atoms with Crippen molar-refractivity contribution >= 4 is 5.91 Å². The van der Waals surface area contributed by atoms with E-state index in [0.717, 1.165) is 6.42 Å². The standard InChI is InChI=1S/C8H13NO/c1-3-5-6-8(10)9-7-4-2/h4-7H,3H2,1-2H3,(H,9,10)/b6-5+,7-4-. The SMILES string of the molecule is C/C=C\NC(=O)/C=C/CC. The maximum Gasteiger partial charge on any atom is 0.247 e. The zero-order valence-corrected chi connectivity index (χ0v) is 6.42. The van der Waals surface area contributed by atoms with Crippen molar-refractivity contribution in [3.8, 4) is 0 Å². The Hall–Kier alpha value is -1.05. The van der Waals surface area contributed by atoms with Crippen LogP contribution in [0.1, 0.15) is 20.3 Å². The van der Waals surface area contributed by atoms with E-state index in [0.29, 0.717) is 0 Å². The van der Waals surface area contributed by atoms with Gasteiger partial charge in [-0.05, 0) is 25.6 Å². The Morgan fingerprint density at radius 2 is 2.30 bits per heavy atom. The first-order chi connectivity index (χ1) is 4.81. The lowest BCUT2D eigenvalue weighted by atomic mass is 10.4. The molecule has 0 bridgehead atoms. The van der Waals surface area contributed by atoms with E-state index in [1.54, 1.807) is 12.3 Å². The Balaban J connectivity index is 3.53. The van der Waals surface area contributed by atoms with Gasteiger partial charge in [-0.15, -0.1) is 0 Å². The van der Waals surface area contributed by atoms with Crippen LogP contribution in [0.3, 0.4) is 0 Å². The van der Waals surface area contributed by atoms with Crippen LogP contribution in [0.25, 0.3) is 0 Å². The van der Waals surface area contributed by atoms with Crippen LogP contribution in [0, 0.1) is 0 Å². The van der Waals surface area contributed by atoms with Crippen molar-refractivity contribution in [3.05, 3.63) is 24.4 Å². The van der Waals surface area contributed by atoms with E-state index in [9.17, 15) is 4.79 Å². The van der Waals surface area contributed by atoms with Crippen molar-refractivity contribution in [2.75, 3.05) is 0 Å². The van der Waals surface area contributed by atoms with Gasteiger partial charge in [0.05, 0.1) is 0 Å². The van der Waals surface area contributed by atoms with Crippen molar-refractivity contribution < 1.29 is 4.79 Å². The quantitative estimate of drug-likeness (QED) is 0.591. The van der Waals surface area contributed by atoms with Gasteiger partial charge in [-0.3, -0.25) is 4.79 Å². The van der Waals surface area contributed by atoms with Gasteiger partial charge in [-0.25, -0.2) is 0 Å². The summed E-state index contributed by atoms with van der Waals surface area (Å²) in [5, 5.41) is 2.56. The summed E-state index contributed by atoms with van der Waals surface area (Å²) in [6.45, 7) is 3.84. The Kier molecular flexibility index (Phi) is 5.44. The molecule has 0 unspecified atom stereocenters. The first-order valence-electron chi connectivity index (χ1n) is 3.39. The predicted molar refractivity (Wildman–Crippen MR) is 42.4 cm³/mol. The molecule has 0 saturated carbocycles. The van der Waals surface area contributed by atoms with Crippen LogP contribution in [0.5, 0.6) is 0 Å². The van der Waals surface area contributed by atoms with E-state index < -0.39 is 0 Å². The van der Waals surface area contributed by atoms with Gasteiger partial charge in [-0.1, -0.05) is 19.1 Å². The summed E-state index contributed by atoms with van der Waals surface area (Å²) in [6.07, 6.45) is 7.63. The monoisotopic (exact) mass is 139 g/mol.